The molecule has 54 heavy (non-hydrogen) atoms. The second kappa shape index (κ2) is 45.1. The highest BCUT2D eigenvalue weighted by atomic mass is 16.3. The van der Waals surface area contributed by atoms with Crippen LogP contribution >= 0.6 is 0 Å². The fourth-order valence-electron chi connectivity index (χ4n) is 8.11. The van der Waals surface area contributed by atoms with Gasteiger partial charge in [0.25, 0.3) is 0 Å². The molecule has 5 nitrogen and oxygen atoms in total. The highest BCUT2D eigenvalue weighted by Gasteiger charge is 2.26. The van der Waals surface area contributed by atoms with E-state index in [0.717, 1.165) is 32.1 Å². The van der Waals surface area contributed by atoms with Gasteiger partial charge >= 0.3 is 0 Å². The second-order valence-electron chi connectivity index (χ2n) is 17.4. The van der Waals surface area contributed by atoms with Gasteiger partial charge in [-0.1, -0.05) is 264 Å². The highest BCUT2D eigenvalue weighted by Crippen LogP contribution is 2.18. The fourth-order valence-corrected chi connectivity index (χ4v) is 8.11. The first-order chi connectivity index (χ1) is 26.6. The van der Waals surface area contributed by atoms with E-state index in [0.29, 0.717) is 12.8 Å². The minimum Gasteiger partial charge on any atom is -0.394 e. The average molecular weight is 766 g/mol. The Morgan fingerprint density at radius 1 is 0.389 bits per heavy atom. The van der Waals surface area contributed by atoms with Crippen molar-refractivity contribution in [1.29, 1.82) is 0 Å². The van der Waals surface area contributed by atoms with Crippen LogP contribution in [0.3, 0.4) is 0 Å². The van der Waals surface area contributed by atoms with Crippen LogP contribution in [0.2, 0.25) is 0 Å². The average Bonchev–Trinajstić information content (AvgIpc) is 3.18. The molecule has 0 aromatic rings. The third-order valence-electron chi connectivity index (χ3n) is 12.0. The van der Waals surface area contributed by atoms with Crippen LogP contribution in [-0.4, -0.2) is 46.1 Å². The Bertz CT molecular complexity index is 718. The Hall–Kier alpha value is -0.650. The standard InChI is InChI=1S/C49H99NO4/c1-3-5-7-9-11-13-15-17-19-20-21-22-23-24-25-26-27-28-29-30-32-34-36-38-40-42-44-48(53)50-46(45-51)49(54)47(52)43-41-39-37-35-33-31-18-16-14-12-10-8-6-4-2/h46-47,49,51-52,54H,3-45H2,1-2H3,(H,50,53)/t46-,47+,49-/m0/s1. The number of carbonyl (C=O) groups excluding carboxylic acids is 1. The Morgan fingerprint density at radius 2 is 0.630 bits per heavy atom. The predicted molar refractivity (Wildman–Crippen MR) is 236 cm³/mol. The molecule has 0 aromatic carbocycles. The van der Waals surface area contributed by atoms with E-state index in [9.17, 15) is 20.1 Å². The van der Waals surface area contributed by atoms with Crippen LogP contribution in [-0.2, 0) is 4.79 Å². The van der Waals surface area contributed by atoms with E-state index >= 15 is 0 Å². The van der Waals surface area contributed by atoms with Gasteiger partial charge in [-0.05, 0) is 12.8 Å². The molecule has 0 unspecified atom stereocenters. The van der Waals surface area contributed by atoms with Gasteiger partial charge in [-0.3, -0.25) is 4.79 Å². The summed E-state index contributed by atoms with van der Waals surface area (Å²) in [6, 6.07) is -0.803. The van der Waals surface area contributed by atoms with E-state index in [1.807, 2.05) is 0 Å². The van der Waals surface area contributed by atoms with Gasteiger partial charge in [-0.25, -0.2) is 0 Å². The fraction of sp³-hybridized carbons (Fsp3) is 0.980. The highest BCUT2D eigenvalue weighted by molar-refractivity contribution is 5.76. The van der Waals surface area contributed by atoms with Crippen molar-refractivity contribution in [1.82, 2.24) is 5.32 Å². The summed E-state index contributed by atoms with van der Waals surface area (Å²) < 4.78 is 0. The largest absolute Gasteiger partial charge is 0.394 e. The molecule has 0 radical (unpaired) electrons. The number of aliphatic hydroxyl groups excluding tert-OH is 3. The molecule has 0 heterocycles. The SMILES string of the molecule is CCCCCCCCCCCCCCCCCCCCCCCCCCCCC(=O)N[C@@H](CO)[C@H](O)[C@H](O)CCCCCCCCCCCCCCCC. The number of aliphatic hydroxyl groups is 3. The molecule has 0 saturated heterocycles. The van der Waals surface area contributed by atoms with E-state index in [-0.39, 0.29) is 12.5 Å². The van der Waals surface area contributed by atoms with Gasteiger partial charge in [0.15, 0.2) is 0 Å². The molecule has 1 amide bonds. The van der Waals surface area contributed by atoms with Gasteiger partial charge in [0, 0.05) is 6.42 Å². The van der Waals surface area contributed by atoms with Crippen molar-refractivity contribution in [2.24, 2.45) is 0 Å². The zero-order valence-electron chi connectivity index (χ0n) is 36.9. The predicted octanol–water partition coefficient (Wildman–Crippen LogP) is 14.6. The Morgan fingerprint density at radius 3 is 0.889 bits per heavy atom. The monoisotopic (exact) mass is 766 g/mol. The topological polar surface area (TPSA) is 89.8 Å². The number of hydrogen-bond donors (Lipinski definition) is 4. The first-order valence-electron chi connectivity index (χ1n) is 24.8. The van der Waals surface area contributed by atoms with Crippen LogP contribution in [0, 0.1) is 0 Å². The van der Waals surface area contributed by atoms with E-state index in [1.54, 1.807) is 0 Å². The first kappa shape index (κ1) is 53.4. The van der Waals surface area contributed by atoms with Crippen molar-refractivity contribution in [3.05, 3.63) is 0 Å². The molecular formula is C49H99NO4. The van der Waals surface area contributed by atoms with Gasteiger partial charge in [-0.15, -0.1) is 0 Å². The lowest BCUT2D eigenvalue weighted by molar-refractivity contribution is -0.124. The van der Waals surface area contributed by atoms with Gasteiger partial charge in [0.2, 0.25) is 5.91 Å². The lowest BCUT2D eigenvalue weighted by Crippen LogP contribution is -2.50. The second-order valence-corrected chi connectivity index (χ2v) is 17.4. The molecule has 0 aliphatic heterocycles. The lowest BCUT2D eigenvalue weighted by atomic mass is 9.99. The quantitative estimate of drug-likeness (QED) is 0.0465. The molecule has 0 rings (SSSR count). The summed E-state index contributed by atoms with van der Waals surface area (Å²) in [7, 11) is 0. The summed E-state index contributed by atoms with van der Waals surface area (Å²) in [6.45, 7) is 4.21. The number of hydrogen-bond acceptors (Lipinski definition) is 4. The summed E-state index contributed by atoms with van der Waals surface area (Å²) in [5.74, 6) is -0.138. The third kappa shape index (κ3) is 39.6. The number of nitrogens with one attached hydrogen (secondary N) is 1. The van der Waals surface area contributed by atoms with Gasteiger partial charge in [-0.2, -0.15) is 0 Å². The van der Waals surface area contributed by atoms with Crippen LogP contribution in [0.1, 0.15) is 284 Å². The lowest BCUT2D eigenvalue weighted by Gasteiger charge is -2.26. The smallest absolute Gasteiger partial charge is 0.220 e. The van der Waals surface area contributed by atoms with Crippen molar-refractivity contribution in [3.63, 3.8) is 0 Å². The van der Waals surface area contributed by atoms with Crippen molar-refractivity contribution in [2.75, 3.05) is 6.61 Å². The minimum absolute atomic E-state index is 0.138. The summed E-state index contributed by atoms with van der Waals surface area (Å²) in [5.41, 5.74) is 0. The number of amides is 1. The van der Waals surface area contributed by atoms with Crippen LogP contribution in [0.5, 0.6) is 0 Å². The molecule has 3 atom stereocenters. The molecule has 0 bridgehead atoms. The van der Waals surface area contributed by atoms with Crippen LogP contribution < -0.4 is 5.32 Å². The molecule has 5 heteroatoms. The van der Waals surface area contributed by atoms with Crippen LogP contribution in [0.15, 0.2) is 0 Å². The Balaban J connectivity index is 3.50. The van der Waals surface area contributed by atoms with Crippen molar-refractivity contribution in [2.45, 2.75) is 302 Å². The molecule has 0 aliphatic carbocycles. The van der Waals surface area contributed by atoms with Gasteiger partial charge in [0.1, 0.15) is 6.10 Å². The van der Waals surface area contributed by atoms with Crippen LogP contribution in [0.25, 0.3) is 0 Å². The Labute approximate surface area is 338 Å². The van der Waals surface area contributed by atoms with Crippen LogP contribution in [0.4, 0.5) is 0 Å². The van der Waals surface area contributed by atoms with Gasteiger partial charge < -0.3 is 20.6 Å². The van der Waals surface area contributed by atoms with E-state index in [1.165, 1.54) is 225 Å². The molecular weight excluding hydrogens is 667 g/mol. The maximum atomic E-state index is 12.5. The zero-order chi connectivity index (χ0) is 39.4. The zero-order valence-corrected chi connectivity index (χ0v) is 36.9. The maximum absolute atomic E-state index is 12.5. The molecule has 4 N–H and O–H groups in total. The molecule has 0 aromatic heterocycles. The maximum Gasteiger partial charge on any atom is 0.220 e. The molecule has 324 valence electrons. The number of rotatable bonds is 46. The summed E-state index contributed by atoms with van der Waals surface area (Å²) in [5, 5.41) is 33.6. The third-order valence-corrected chi connectivity index (χ3v) is 12.0. The van der Waals surface area contributed by atoms with E-state index < -0.39 is 18.2 Å². The van der Waals surface area contributed by atoms with Crippen molar-refractivity contribution >= 4 is 5.91 Å². The minimum atomic E-state index is -1.13. The molecule has 0 saturated carbocycles. The first-order valence-corrected chi connectivity index (χ1v) is 24.8. The van der Waals surface area contributed by atoms with E-state index in [2.05, 4.69) is 19.2 Å². The van der Waals surface area contributed by atoms with E-state index in [4.69, 9.17) is 0 Å². The normalized spacial score (nSPS) is 13.4. The van der Waals surface area contributed by atoms with Gasteiger partial charge in [0.05, 0.1) is 18.8 Å². The van der Waals surface area contributed by atoms with Crippen molar-refractivity contribution < 1.29 is 20.1 Å². The summed E-state index contributed by atoms with van der Waals surface area (Å²) in [4.78, 5) is 12.5. The summed E-state index contributed by atoms with van der Waals surface area (Å²) >= 11 is 0. The number of unbranched alkanes of at least 4 members (excludes halogenated alkanes) is 38. The Kier molecular flexibility index (Phi) is 44.5. The number of carbonyl (C=O) groups is 1. The summed E-state index contributed by atoms with van der Waals surface area (Å²) in [6.07, 6.45) is 52.3. The van der Waals surface area contributed by atoms with Crippen molar-refractivity contribution in [3.8, 4) is 0 Å². The molecule has 0 aliphatic rings. The molecule has 0 spiro atoms. The molecule has 0 fully saturated rings.